The Morgan fingerprint density at radius 1 is 1.25 bits per heavy atom. The second-order valence-electron chi connectivity index (χ2n) is 5.08. The van der Waals surface area contributed by atoms with E-state index in [0.29, 0.717) is 5.56 Å². The van der Waals surface area contributed by atoms with E-state index in [1.165, 1.54) is 0 Å². The summed E-state index contributed by atoms with van der Waals surface area (Å²) in [5.41, 5.74) is 4.44. The Morgan fingerprint density at radius 2 is 1.95 bits per heavy atom. The van der Waals surface area contributed by atoms with Crippen molar-refractivity contribution in [2.75, 3.05) is 7.11 Å². The van der Waals surface area contributed by atoms with Crippen molar-refractivity contribution in [1.29, 1.82) is 0 Å². The summed E-state index contributed by atoms with van der Waals surface area (Å²) < 4.78 is 7.24. The Kier molecular flexibility index (Phi) is 3.01. The molecule has 0 saturated carbocycles. The maximum atomic E-state index is 11.5. The fourth-order valence-corrected chi connectivity index (χ4v) is 3.14. The van der Waals surface area contributed by atoms with E-state index in [4.69, 9.17) is 4.74 Å². The number of carboxylic acid groups (broad SMARTS) is 1. The van der Waals surface area contributed by atoms with Crippen LogP contribution >= 0.6 is 0 Å². The highest BCUT2D eigenvalue weighted by atomic mass is 16.5. The minimum absolute atomic E-state index is 0.480. The van der Waals surface area contributed by atoms with Gasteiger partial charge in [0.25, 0.3) is 0 Å². The molecule has 20 heavy (non-hydrogen) atoms. The van der Waals surface area contributed by atoms with Crippen molar-refractivity contribution < 1.29 is 14.6 Å². The van der Waals surface area contributed by atoms with Crippen molar-refractivity contribution in [2.24, 2.45) is 0 Å². The number of aromatic carboxylic acids is 1. The van der Waals surface area contributed by atoms with Crippen LogP contribution in [0, 0.1) is 6.92 Å². The third-order valence-electron chi connectivity index (χ3n) is 4.00. The molecule has 0 atom stereocenters. The van der Waals surface area contributed by atoms with E-state index in [1.807, 2.05) is 31.2 Å². The van der Waals surface area contributed by atoms with Crippen LogP contribution in [0.15, 0.2) is 24.3 Å². The fourth-order valence-electron chi connectivity index (χ4n) is 3.14. The molecule has 0 saturated heterocycles. The third kappa shape index (κ3) is 1.80. The van der Waals surface area contributed by atoms with Gasteiger partial charge in [-0.15, -0.1) is 0 Å². The lowest BCUT2D eigenvalue weighted by Gasteiger charge is -2.11. The third-order valence-corrected chi connectivity index (χ3v) is 4.00. The lowest BCUT2D eigenvalue weighted by Crippen LogP contribution is -2.04. The number of benzene rings is 1. The predicted molar refractivity (Wildman–Crippen MR) is 76.0 cm³/mol. The van der Waals surface area contributed by atoms with Gasteiger partial charge in [0, 0.05) is 17.1 Å². The van der Waals surface area contributed by atoms with Crippen molar-refractivity contribution in [3.63, 3.8) is 0 Å². The average Bonchev–Trinajstić information content (AvgIpc) is 2.98. The summed E-state index contributed by atoms with van der Waals surface area (Å²) in [4.78, 5) is 11.5. The number of hydrogen-bond acceptors (Lipinski definition) is 2. The van der Waals surface area contributed by atoms with Gasteiger partial charge in [-0.3, -0.25) is 0 Å². The van der Waals surface area contributed by atoms with Crippen LogP contribution in [0.4, 0.5) is 0 Å². The molecule has 1 aliphatic rings. The molecule has 0 spiro atoms. The van der Waals surface area contributed by atoms with Gasteiger partial charge >= 0.3 is 5.97 Å². The molecular formula is C16H17NO3. The first kappa shape index (κ1) is 12.8. The van der Waals surface area contributed by atoms with Gasteiger partial charge in [-0.25, -0.2) is 4.79 Å². The van der Waals surface area contributed by atoms with E-state index in [2.05, 4.69) is 4.57 Å². The Labute approximate surface area is 117 Å². The molecule has 0 bridgehead atoms. The highest BCUT2D eigenvalue weighted by molar-refractivity contribution is 5.92. The monoisotopic (exact) mass is 271 g/mol. The van der Waals surface area contributed by atoms with Crippen molar-refractivity contribution >= 4 is 5.97 Å². The Morgan fingerprint density at radius 3 is 2.55 bits per heavy atom. The molecule has 0 radical (unpaired) electrons. The standard InChI is InChI=1S/C16H17NO3/c1-10-15(16(18)19)13-4-3-5-14(13)17(10)11-6-8-12(20-2)9-7-11/h6-9H,3-5H2,1-2H3,(H,18,19). The molecule has 2 aromatic rings. The molecule has 4 heteroatoms. The number of carboxylic acids is 1. The number of ether oxygens (including phenoxy) is 1. The van der Waals surface area contributed by atoms with E-state index in [9.17, 15) is 9.90 Å². The maximum Gasteiger partial charge on any atom is 0.337 e. The summed E-state index contributed by atoms with van der Waals surface area (Å²) in [6, 6.07) is 7.74. The molecule has 3 rings (SSSR count). The van der Waals surface area contributed by atoms with Gasteiger partial charge in [0.05, 0.1) is 12.7 Å². The van der Waals surface area contributed by atoms with E-state index in [0.717, 1.165) is 47.7 Å². The first-order valence-electron chi connectivity index (χ1n) is 6.74. The molecule has 0 amide bonds. The fraction of sp³-hybridized carbons (Fsp3) is 0.312. The van der Waals surface area contributed by atoms with Gasteiger partial charge in [-0.2, -0.15) is 0 Å². The van der Waals surface area contributed by atoms with Crippen molar-refractivity contribution in [3.05, 3.63) is 46.8 Å². The number of nitrogens with zero attached hydrogens (tertiary/aromatic N) is 1. The van der Waals surface area contributed by atoms with Crippen molar-refractivity contribution in [2.45, 2.75) is 26.2 Å². The molecule has 1 aliphatic carbocycles. The number of rotatable bonds is 3. The molecule has 1 aromatic carbocycles. The van der Waals surface area contributed by atoms with Crippen LogP contribution in [0.5, 0.6) is 5.75 Å². The molecule has 104 valence electrons. The largest absolute Gasteiger partial charge is 0.497 e. The van der Waals surface area contributed by atoms with E-state index in [1.54, 1.807) is 7.11 Å². The average molecular weight is 271 g/mol. The minimum atomic E-state index is -0.826. The Hall–Kier alpha value is -2.23. The number of carbonyl (C=O) groups is 1. The van der Waals surface area contributed by atoms with Gasteiger partial charge in [0.15, 0.2) is 0 Å². The zero-order chi connectivity index (χ0) is 14.3. The summed E-state index contributed by atoms with van der Waals surface area (Å²) >= 11 is 0. The van der Waals surface area contributed by atoms with Gasteiger partial charge in [0.1, 0.15) is 5.75 Å². The van der Waals surface area contributed by atoms with E-state index < -0.39 is 5.97 Å². The molecule has 4 nitrogen and oxygen atoms in total. The first-order valence-corrected chi connectivity index (χ1v) is 6.74. The topological polar surface area (TPSA) is 51.5 Å². The van der Waals surface area contributed by atoms with Gasteiger partial charge < -0.3 is 14.4 Å². The summed E-state index contributed by atoms with van der Waals surface area (Å²) in [6.07, 6.45) is 2.83. The lowest BCUT2D eigenvalue weighted by molar-refractivity contribution is 0.0695. The second kappa shape index (κ2) is 4.71. The molecule has 1 aromatic heterocycles. The van der Waals surface area contributed by atoms with Gasteiger partial charge in [0.2, 0.25) is 0 Å². The van der Waals surface area contributed by atoms with Crippen LogP contribution < -0.4 is 4.74 Å². The number of aromatic nitrogens is 1. The van der Waals surface area contributed by atoms with Crippen LogP contribution in [0.2, 0.25) is 0 Å². The van der Waals surface area contributed by atoms with E-state index >= 15 is 0 Å². The first-order chi connectivity index (χ1) is 9.63. The van der Waals surface area contributed by atoms with Crippen LogP contribution in [0.3, 0.4) is 0 Å². The lowest BCUT2D eigenvalue weighted by atomic mass is 10.1. The predicted octanol–water partition coefficient (Wildman–Crippen LogP) is 2.98. The van der Waals surface area contributed by atoms with Crippen LogP contribution in [0.1, 0.15) is 33.7 Å². The van der Waals surface area contributed by atoms with Crippen LogP contribution in [0.25, 0.3) is 5.69 Å². The smallest absolute Gasteiger partial charge is 0.337 e. The number of methoxy groups -OCH3 is 1. The van der Waals surface area contributed by atoms with Gasteiger partial charge in [-0.05, 0) is 56.0 Å². The zero-order valence-corrected chi connectivity index (χ0v) is 11.6. The van der Waals surface area contributed by atoms with E-state index in [-0.39, 0.29) is 0 Å². The maximum absolute atomic E-state index is 11.5. The van der Waals surface area contributed by atoms with Crippen molar-refractivity contribution in [1.82, 2.24) is 4.57 Å². The summed E-state index contributed by atoms with van der Waals surface area (Å²) in [6.45, 7) is 1.88. The molecular weight excluding hydrogens is 254 g/mol. The highest BCUT2D eigenvalue weighted by Crippen LogP contribution is 2.33. The summed E-state index contributed by atoms with van der Waals surface area (Å²) in [5.74, 6) is -0.0263. The molecule has 0 fully saturated rings. The van der Waals surface area contributed by atoms with Crippen molar-refractivity contribution in [3.8, 4) is 11.4 Å². The highest BCUT2D eigenvalue weighted by Gasteiger charge is 2.28. The normalized spacial score (nSPS) is 13.3. The summed E-state index contributed by atoms with van der Waals surface area (Å²) in [5, 5.41) is 9.44. The Balaban J connectivity index is 2.18. The quantitative estimate of drug-likeness (QED) is 0.933. The zero-order valence-electron chi connectivity index (χ0n) is 11.6. The SMILES string of the molecule is COc1ccc(-n2c(C)c(C(=O)O)c3c2CCC3)cc1. The van der Waals surface area contributed by atoms with Gasteiger partial charge in [-0.1, -0.05) is 0 Å². The van der Waals surface area contributed by atoms with Crippen LogP contribution in [-0.4, -0.2) is 22.8 Å². The minimum Gasteiger partial charge on any atom is -0.497 e. The second-order valence-corrected chi connectivity index (χ2v) is 5.08. The van der Waals surface area contributed by atoms with Crippen LogP contribution in [-0.2, 0) is 12.8 Å². The molecule has 0 aliphatic heterocycles. The summed E-state index contributed by atoms with van der Waals surface area (Å²) in [7, 11) is 1.64. The number of hydrogen-bond donors (Lipinski definition) is 1. The molecule has 1 heterocycles. The Bertz CT molecular complexity index is 668. The molecule has 0 unspecified atom stereocenters. The molecule has 1 N–H and O–H groups in total. The number of fused-ring (bicyclic) bond motifs is 1.